The van der Waals surface area contributed by atoms with Gasteiger partial charge in [-0.2, -0.15) is 0 Å². The van der Waals surface area contributed by atoms with E-state index in [2.05, 4.69) is 15.3 Å². The lowest BCUT2D eigenvalue weighted by Crippen LogP contribution is -2.53. The van der Waals surface area contributed by atoms with Gasteiger partial charge < -0.3 is 20.9 Å². The molecule has 1 aromatic carbocycles. The van der Waals surface area contributed by atoms with E-state index in [9.17, 15) is 14.4 Å². The fraction of sp³-hybridized carbons (Fsp3) is 0.312. The molecule has 0 saturated carbocycles. The van der Waals surface area contributed by atoms with Crippen LogP contribution in [-0.2, 0) is 21.5 Å². The Morgan fingerprint density at radius 2 is 1.86 bits per heavy atom. The largest absolute Gasteiger partial charge is 0.364 e. The van der Waals surface area contributed by atoms with Crippen LogP contribution in [0.2, 0.25) is 0 Å². The summed E-state index contributed by atoms with van der Waals surface area (Å²) >= 11 is 0. The average Bonchev–Trinajstić information content (AvgIpc) is 3.64. The van der Waals surface area contributed by atoms with Crippen molar-refractivity contribution < 1.29 is 14.4 Å². The van der Waals surface area contributed by atoms with Crippen LogP contribution in [0.5, 0.6) is 0 Å². The Hall–Kier alpha value is -4.70. The molecule has 7 rings (SSSR count). The molecule has 3 N–H and O–H groups in total. The SMILES string of the molecule is NC(=O)c1ccc(-c2c(CN3C(=O)C4(CCN(C(=O)[C@H]5CCCN5)CC4)c4ccncc43)ncc3ccccc23)cn1. The molecule has 0 aliphatic carbocycles. The van der Waals surface area contributed by atoms with Crippen molar-refractivity contribution in [3.8, 4) is 11.1 Å². The van der Waals surface area contributed by atoms with Gasteiger partial charge in [0.05, 0.1) is 35.6 Å². The predicted molar refractivity (Wildman–Crippen MR) is 157 cm³/mol. The number of amides is 3. The summed E-state index contributed by atoms with van der Waals surface area (Å²) in [4.78, 5) is 56.3. The van der Waals surface area contributed by atoms with Crippen molar-refractivity contribution in [2.45, 2.75) is 43.7 Å². The highest BCUT2D eigenvalue weighted by atomic mass is 16.2. The van der Waals surface area contributed by atoms with Gasteiger partial charge in [-0.15, -0.1) is 0 Å². The first-order valence-corrected chi connectivity index (χ1v) is 14.4. The number of hydrogen-bond donors (Lipinski definition) is 2. The lowest BCUT2D eigenvalue weighted by Gasteiger charge is -2.39. The highest BCUT2D eigenvalue weighted by Gasteiger charge is 2.53. The molecule has 212 valence electrons. The third-order valence-corrected chi connectivity index (χ3v) is 9.04. The number of anilines is 1. The first-order valence-electron chi connectivity index (χ1n) is 14.4. The Morgan fingerprint density at radius 3 is 2.60 bits per heavy atom. The summed E-state index contributed by atoms with van der Waals surface area (Å²) in [5.74, 6) is -0.442. The molecule has 2 saturated heterocycles. The Balaban J connectivity index is 1.24. The lowest BCUT2D eigenvalue weighted by atomic mass is 9.74. The quantitative estimate of drug-likeness (QED) is 0.383. The first-order chi connectivity index (χ1) is 20.5. The smallest absolute Gasteiger partial charge is 0.267 e. The van der Waals surface area contributed by atoms with Crippen molar-refractivity contribution in [2.24, 2.45) is 5.73 Å². The zero-order chi connectivity index (χ0) is 28.8. The van der Waals surface area contributed by atoms with Gasteiger partial charge in [0.1, 0.15) is 5.69 Å². The van der Waals surface area contributed by atoms with Gasteiger partial charge in [0.2, 0.25) is 11.8 Å². The molecule has 10 nitrogen and oxygen atoms in total. The number of pyridine rings is 3. The van der Waals surface area contributed by atoms with E-state index in [1.54, 1.807) is 29.6 Å². The van der Waals surface area contributed by atoms with E-state index in [0.717, 1.165) is 52.5 Å². The second-order valence-electron chi connectivity index (χ2n) is 11.3. The van der Waals surface area contributed by atoms with Crippen molar-refractivity contribution in [3.63, 3.8) is 0 Å². The van der Waals surface area contributed by atoms with Crippen LogP contribution in [0.15, 0.2) is 67.3 Å². The molecule has 42 heavy (non-hydrogen) atoms. The molecular weight excluding hydrogens is 530 g/mol. The summed E-state index contributed by atoms with van der Waals surface area (Å²) in [6, 6.07) is 13.2. The Kier molecular flexibility index (Phi) is 6.42. The number of carbonyl (C=O) groups excluding carboxylic acids is 3. The van der Waals surface area contributed by atoms with Crippen LogP contribution in [0.1, 0.15) is 47.4 Å². The number of fused-ring (bicyclic) bond motifs is 3. The van der Waals surface area contributed by atoms with E-state index in [1.165, 1.54) is 0 Å². The molecule has 0 unspecified atom stereocenters. The van der Waals surface area contributed by atoms with Crippen LogP contribution in [0.25, 0.3) is 21.9 Å². The summed E-state index contributed by atoms with van der Waals surface area (Å²) in [6.45, 7) is 2.19. The third kappa shape index (κ3) is 4.21. The average molecular weight is 562 g/mol. The van der Waals surface area contributed by atoms with Gasteiger partial charge in [0.25, 0.3) is 5.91 Å². The zero-order valence-electron chi connectivity index (χ0n) is 23.1. The van der Waals surface area contributed by atoms with Crippen molar-refractivity contribution in [2.75, 3.05) is 24.5 Å². The monoisotopic (exact) mass is 561 g/mol. The van der Waals surface area contributed by atoms with Crippen molar-refractivity contribution >= 4 is 34.2 Å². The van der Waals surface area contributed by atoms with Crippen LogP contribution in [0, 0.1) is 0 Å². The summed E-state index contributed by atoms with van der Waals surface area (Å²) in [5, 5.41) is 5.23. The highest BCUT2D eigenvalue weighted by molar-refractivity contribution is 6.08. The Labute approximate surface area is 243 Å². The number of nitrogens with two attached hydrogens (primary N) is 1. The number of primary amides is 1. The summed E-state index contributed by atoms with van der Waals surface area (Å²) in [7, 11) is 0. The van der Waals surface area contributed by atoms with Gasteiger partial charge in [-0.1, -0.05) is 30.3 Å². The minimum atomic E-state index is -0.708. The molecule has 3 aromatic heterocycles. The molecule has 0 radical (unpaired) electrons. The van der Waals surface area contributed by atoms with E-state index in [0.29, 0.717) is 31.6 Å². The fourth-order valence-electron chi connectivity index (χ4n) is 6.84. The first kappa shape index (κ1) is 26.2. The van der Waals surface area contributed by atoms with E-state index in [4.69, 9.17) is 10.7 Å². The van der Waals surface area contributed by atoms with Crippen LogP contribution in [-0.4, -0.2) is 63.2 Å². The Bertz CT molecular complexity index is 1710. The van der Waals surface area contributed by atoms with E-state index in [-0.39, 0.29) is 30.1 Å². The summed E-state index contributed by atoms with van der Waals surface area (Å²) in [5.41, 5.74) is 8.98. The molecule has 10 heteroatoms. The van der Waals surface area contributed by atoms with Gasteiger partial charge in [-0.3, -0.25) is 29.3 Å². The maximum Gasteiger partial charge on any atom is 0.267 e. The van der Waals surface area contributed by atoms with Gasteiger partial charge in [0.15, 0.2) is 0 Å². The van der Waals surface area contributed by atoms with E-state index >= 15 is 0 Å². The van der Waals surface area contributed by atoms with Gasteiger partial charge in [-0.05, 0) is 55.3 Å². The zero-order valence-corrected chi connectivity index (χ0v) is 23.1. The molecule has 1 atom stereocenters. The molecule has 4 aromatic rings. The molecule has 3 amide bonds. The number of nitrogens with one attached hydrogen (secondary N) is 1. The third-order valence-electron chi connectivity index (χ3n) is 9.04. The van der Waals surface area contributed by atoms with Crippen LogP contribution in [0.4, 0.5) is 5.69 Å². The molecular formula is C32H31N7O3. The number of nitrogens with zero attached hydrogens (tertiary/aromatic N) is 5. The molecule has 6 heterocycles. The molecule has 0 bridgehead atoms. The predicted octanol–water partition coefficient (Wildman–Crippen LogP) is 2.95. The highest BCUT2D eigenvalue weighted by Crippen LogP contribution is 2.48. The maximum atomic E-state index is 14.4. The number of hydrogen-bond acceptors (Lipinski definition) is 7. The van der Waals surface area contributed by atoms with Gasteiger partial charge in [0, 0.05) is 48.2 Å². The van der Waals surface area contributed by atoms with Crippen molar-refractivity contribution in [1.29, 1.82) is 0 Å². The molecule has 1 spiro atoms. The minimum absolute atomic E-state index is 0.0136. The van der Waals surface area contributed by atoms with Crippen LogP contribution < -0.4 is 16.0 Å². The fourth-order valence-corrected chi connectivity index (χ4v) is 6.84. The number of benzene rings is 1. The lowest BCUT2D eigenvalue weighted by molar-refractivity contribution is -0.137. The van der Waals surface area contributed by atoms with Crippen LogP contribution >= 0.6 is 0 Å². The van der Waals surface area contributed by atoms with E-state index < -0.39 is 11.3 Å². The molecule has 2 fully saturated rings. The van der Waals surface area contributed by atoms with Crippen molar-refractivity contribution in [3.05, 3.63) is 84.2 Å². The standard InChI is InChI=1S/C32H31N7O3/c33-29(40)24-8-7-21(17-36-24)28-22-5-2-1-4-20(22)16-37-26(28)19-39-27-18-34-13-9-23(27)32(31(39)42)10-14-38(15-11-32)30(41)25-6-3-12-35-25/h1-2,4-5,7-9,13,16-18,25,35H,3,6,10-12,14-15,19H2,(H2,33,40)/t25-/m1/s1. The minimum Gasteiger partial charge on any atom is -0.364 e. The number of carbonyl (C=O) groups is 3. The normalized spacial score (nSPS) is 19.4. The molecule has 3 aliphatic rings. The maximum absolute atomic E-state index is 14.4. The van der Waals surface area contributed by atoms with E-state index in [1.807, 2.05) is 47.5 Å². The number of rotatable bonds is 5. The second kappa shape index (κ2) is 10.3. The van der Waals surface area contributed by atoms with Crippen LogP contribution in [0.3, 0.4) is 0 Å². The summed E-state index contributed by atoms with van der Waals surface area (Å²) in [6.07, 6.45) is 9.95. The number of piperidine rings is 1. The molecule has 3 aliphatic heterocycles. The van der Waals surface area contributed by atoms with Crippen molar-refractivity contribution in [1.82, 2.24) is 25.2 Å². The number of aromatic nitrogens is 3. The number of likely N-dealkylation sites (tertiary alicyclic amines) is 1. The summed E-state index contributed by atoms with van der Waals surface area (Å²) < 4.78 is 0. The van der Waals surface area contributed by atoms with Gasteiger partial charge >= 0.3 is 0 Å². The topological polar surface area (TPSA) is 134 Å². The van der Waals surface area contributed by atoms with Gasteiger partial charge in [-0.25, -0.2) is 0 Å². The second-order valence-corrected chi connectivity index (χ2v) is 11.3. The Morgan fingerprint density at radius 1 is 1.02 bits per heavy atom.